The van der Waals surface area contributed by atoms with Crippen LogP contribution in [0.5, 0.6) is 0 Å². The number of ether oxygens (including phenoxy) is 1. The van der Waals surface area contributed by atoms with E-state index >= 15 is 0 Å². The van der Waals surface area contributed by atoms with E-state index in [1.165, 1.54) is 7.11 Å². The summed E-state index contributed by atoms with van der Waals surface area (Å²) < 4.78 is 4.14. The van der Waals surface area contributed by atoms with Gasteiger partial charge in [-0.25, -0.2) is 4.79 Å². The summed E-state index contributed by atoms with van der Waals surface area (Å²) in [5.41, 5.74) is 0. The van der Waals surface area contributed by atoms with Crippen molar-refractivity contribution in [3.63, 3.8) is 0 Å². The van der Waals surface area contributed by atoms with Gasteiger partial charge in [-0.15, -0.1) is 0 Å². The van der Waals surface area contributed by atoms with Crippen molar-refractivity contribution in [3.8, 4) is 0 Å². The second-order valence-corrected chi connectivity index (χ2v) is 0.811. The quantitative estimate of drug-likeness (QED) is 0.448. The first-order chi connectivity index (χ1) is 5.22. The van der Waals surface area contributed by atoms with E-state index in [0.717, 1.165) is 6.08 Å². The SMILES string of the molecule is C.C=CC(=O)OC.CC.O=C=O. The first-order valence-electron chi connectivity index (χ1n) is 2.92. The molecule has 0 amide bonds. The largest absolute Gasteiger partial charge is 0.466 e. The molecule has 0 aliphatic heterocycles. The van der Waals surface area contributed by atoms with E-state index in [4.69, 9.17) is 9.59 Å². The average Bonchev–Trinajstić information content (AvgIpc) is 2.08. The van der Waals surface area contributed by atoms with Crippen molar-refractivity contribution in [2.75, 3.05) is 7.11 Å². The predicted octanol–water partition coefficient (Wildman–Crippen LogP) is 1.42. The van der Waals surface area contributed by atoms with E-state index < -0.39 is 5.97 Å². The molecule has 0 unspecified atom stereocenters. The lowest BCUT2D eigenvalue weighted by molar-refractivity contribution is -0.191. The third-order valence-corrected chi connectivity index (χ3v) is 0.368. The lowest BCUT2D eigenvalue weighted by Crippen LogP contribution is -1.91. The molecule has 0 N–H and O–H groups in total. The van der Waals surface area contributed by atoms with Gasteiger partial charge in [-0.05, 0) is 0 Å². The van der Waals surface area contributed by atoms with E-state index in [2.05, 4.69) is 11.3 Å². The minimum Gasteiger partial charge on any atom is -0.466 e. The smallest absolute Gasteiger partial charge is 0.373 e. The maximum Gasteiger partial charge on any atom is 0.373 e. The molecule has 0 aromatic heterocycles. The van der Waals surface area contributed by atoms with Crippen LogP contribution in [0.1, 0.15) is 21.3 Å². The lowest BCUT2D eigenvalue weighted by Gasteiger charge is -1.83. The van der Waals surface area contributed by atoms with Gasteiger partial charge in [-0.1, -0.05) is 27.9 Å². The number of hydrogen-bond acceptors (Lipinski definition) is 4. The average molecular weight is 176 g/mol. The Labute approximate surface area is 73.2 Å². The molecule has 0 heterocycles. The molecule has 12 heavy (non-hydrogen) atoms. The van der Waals surface area contributed by atoms with Crippen LogP contribution in [0.4, 0.5) is 0 Å². The van der Waals surface area contributed by atoms with E-state index in [1.54, 1.807) is 0 Å². The van der Waals surface area contributed by atoms with Gasteiger partial charge < -0.3 is 4.74 Å². The molecule has 0 saturated carbocycles. The number of methoxy groups -OCH3 is 1. The van der Waals surface area contributed by atoms with Crippen molar-refractivity contribution in [1.82, 2.24) is 0 Å². The molecular formula is C8H16O4. The molecule has 72 valence electrons. The highest BCUT2D eigenvalue weighted by atomic mass is 16.5. The van der Waals surface area contributed by atoms with Crippen molar-refractivity contribution in [1.29, 1.82) is 0 Å². The summed E-state index contributed by atoms with van der Waals surface area (Å²) in [6, 6.07) is 0. The van der Waals surface area contributed by atoms with Crippen LogP contribution in [0.15, 0.2) is 12.7 Å². The molecule has 0 atom stereocenters. The van der Waals surface area contributed by atoms with Gasteiger partial charge in [0.2, 0.25) is 0 Å². The Balaban J connectivity index is -0.0000000462. The maximum atomic E-state index is 9.84. The third-order valence-electron chi connectivity index (χ3n) is 0.368. The number of rotatable bonds is 1. The van der Waals surface area contributed by atoms with Gasteiger partial charge in [0.1, 0.15) is 0 Å². The lowest BCUT2D eigenvalue weighted by atomic mass is 10.7. The molecule has 4 nitrogen and oxygen atoms in total. The van der Waals surface area contributed by atoms with Crippen molar-refractivity contribution >= 4 is 12.1 Å². The van der Waals surface area contributed by atoms with E-state index in [1.807, 2.05) is 13.8 Å². The number of hydrogen-bond donors (Lipinski definition) is 0. The van der Waals surface area contributed by atoms with Crippen molar-refractivity contribution < 1.29 is 19.1 Å². The fourth-order valence-corrected chi connectivity index (χ4v) is 0.0833. The van der Waals surface area contributed by atoms with Crippen LogP contribution >= 0.6 is 0 Å². The Kier molecular flexibility index (Phi) is 62.8. The third kappa shape index (κ3) is 73.8. The van der Waals surface area contributed by atoms with Gasteiger partial charge in [0, 0.05) is 6.08 Å². The number of esters is 1. The summed E-state index contributed by atoms with van der Waals surface area (Å²) in [6.45, 7) is 7.16. The normalized spacial score (nSPS) is 4.58. The Bertz CT molecular complexity index is 123. The van der Waals surface area contributed by atoms with Gasteiger partial charge >= 0.3 is 12.1 Å². The monoisotopic (exact) mass is 176 g/mol. The second-order valence-electron chi connectivity index (χ2n) is 0.811. The molecule has 0 aliphatic carbocycles. The minimum atomic E-state index is -0.394. The van der Waals surface area contributed by atoms with Gasteiger partial charge in [0.25, 0.3) is 0 Å². The molecule has 0 aliphatic rings. The Morgan fingerprint density at radius 3 is 1.67 bits per heavy atom. The second kappa shape index (κ2) is 33.6. The molecule has 0 aromatic rings. The summed E-state index contributed by atoms with van der Waals surface area (Å²) in [5, 5.41) is 0. The zero-order valence-electron chi connectivity index (χ0n) is 6.92. The van der Waals surface area contributed by atoms with Crippen LogP contribution in [0.3, 0.4) is 0 Å². The van der Waals surface area contributed by atoms with Gasteiger partial charge in [0.05, 0.1) is 7.11 Å². The first kappa shape index (κ1) is 22.4. The Hall–Kier alpha value is -1.41. The van der Waals surface area contributed by atoms with Crippen LogP contribution in [0.2, 0.25) is 0 Å². The molecular weight excluding hydrogens is 160 g/mol. The van der Waals surface area contributed by atoms with Crippen LogP contribution in [-0.4, -0.2) is 19.2 Å². The van der Waals surface area contributed by atoms with Gasteiger partial charge in [-0.3, -0.25) is 0 Å². The zero-order chi connectivity index (χ0) is 9.70. The van der Waals surface area contributed by atoms with Crippen molar-refractivity contribution in [2.24, 2.45) is 0 Å². The van der Waals surface area contributed by atoms with Crippen LogP contribution in [0.25, 0.3) is 0 Å². The maximum absolute atomic E-state index is 9.84. The summed E-state index contributed by atoms with van der Waals surface area (Å²) in [7, 11) is 1.31. The van der Waals surface area contributed by atoms with Crippen molar-refractivity contribution in [2.45, 2.75) is 21.3 Å². The predicted molar refractivity (Wildman–Crippen MR) is 45.3 cm³/mol. The fraction of sp³-hybridized carbons (Fsp3) is 0.500. The van der Waals surface area contributed by atoms with Gasteiger partial charge in [-0.2, -0.15) is 9.59 Å². The Morgan fingerprint density at radius 1 is 1.42 bits per heavy atom. The molecule has 0 radical (unpaired) electrons. The molecule has 0 spiro atoms. The number of carbonyl (C=O) groups excluding carboxylic acids is 3. The highest BCUT2D eigenvalue weighted by Gasteiger charge is 1.81. The van der Waals surface area contributed by atoms with Crippen molar-refractivity contribution in [3.05, 3.63) is 12.7 Å². The highest BCUT2D eigenvalue weighted by molar-refractivity contribution is 5.80. The molecule has 0 fully saturated rings. The van der Waals surface area contributed by atoms with Crippen LogP contribution in [-0.2, 0) is 19.1 Å². The fourth-order valence-electron chi connectivity index (χ4n) is 0.0833. The van der Waals surface area contributed by atoms with Gasteiger partial charge in [0.15, 0.2) is 0 Å². The topological polar surface area (TPSA) is 60.4 Å². The first-order valence-corrected chi connectivity index (χ1v) is 2.92. The molecule has 0 bridgehead atoms. The summed E-state index contributed by atoms with van der Waals surface area (Å²) in [6.07, 6.45) is 1.36. The summed E-state index contributed by atoms with van der Waals surface area (Å²) in [5.74, 6) is -0.394. The summed E-state index contributed by atoms with van der Waals surface area (Å²) >= 11 is 0. The Morgan fingerprint density at radius 2 is 1.67 bits per heavy atom. The molecule has 0 saturated heterocycles. The minimum absolute atomic E-state index is 0. The zero-order valence-corrected chi connectivity index (χ0v) is 6.92. The highest BCUT2D eigenvalue weighted by Crippen LogP contribution is 1.67. The molecule has 0 aromatic carbocycles. The summed E-state index contributed by atoms with van der Waals surface area (Å²) in [4.78, 5) is 26.1. The van der Waals surface area contributed by atoms with E-state index in [0.29, 0.717) is 0 Å². The van der Waals surface area contributed by atoms with Crippen LogP contribution in [0, 0.1) is 0 Å². The number of carbonyl (C=O) groups is 1. The van der Waals surface area contributed by atoms with E-state index in [-0.39, 0.29) is 13.6 Å². The van der Waals surface area contributed by atoms with E-state index in [9.17, 15) is 4.79 Å². The molecule has 4 heteroatoms. The molecule has 0 rings (SSSR count). The standard InChI is InChI=1S/C4H6O2.C2H6.CO2.CH4/c1-3-4(5)6-2;1-2;2-1-3;/h3H,1H2,2H3;1-2H3;;1H4. The van der Waals surface area contributed by atoms with Crippen LogP contribution < -0.4 is 0 Å².